The number of amides is 2. The van der Waals surface area contributed by atoms with Gasteiger partial charge in [0.25, 0.3) is 11.8 Å². The van der Waals surface area contributed by atoms with E-state index in [2.05, 4.69) is 26.5 Å². The molecule has 6 nitrogen and oxygen atoms in total. The summed E-state index contributed by atoms with van der Waals surface area (Å²) in [6.07, 6.45) is 2.73. The Morgan fingerprint density at radius 1 is 0.967 bits per heavy atom. The van der Waals surface area contributed by atoms with Crippen molar-refractivity contribution >= 4 is 29.0 Å². The van der Waals surface area contributed by atoms with E-state index >= 15 is 0 Å². The maximum atomic E-state index is 13.7. The first-order valence-corrected chi connectivity index (χ1v) is 9.04. The number of hydrogen-bond acceptors (Lipinski definition) is 4. The quantitative estimate of drug-likeness (QED) is 0.653. The van der Waals surface area contributed by atoms with Crippen molar-refractivity contribution in [3.8, 4) is 11.8 Å². The molecule has 0 spiro atoms. The number of aromatic nitrogens is 1. The molecular weight excluding hydrogens is 412 g/mol. The maximum absolute atomic E-state index is 13.7. The van der Waals surface area contributed by atoms with E-state index < -0.39 is 29.0 Å². The molecule has 0 atom stereocenters. The minimum Gasteiger partial charge on any atom is -0.322 e. The van der Waals surface area contributed by atoms with Crippen LogP contribution >= 0.6 is 0 Å². The molecule has 0 saturated heterocycles. The van der Waals surface area contributed by atoms with E-state index in [1.54, 1.807) is 12.1 Å². The highest BCUT2D eigenvalue weighted by atomic mass is 32.1. The van der Waals surface area contributed by atoms with E-state index in [4.69, 9.17) is 0 Å². The number of rotatable bonds is 3. The van der Waals surface area contributed by atoms with E-state index in [0.717, 1.165) is 12.1 Å². The summed E-state index contributed by atoms with van der Waals surface area (Å²) in [5, 5.41) is 2.42. The smallest absolute Gasteiger partial charge is 0.291 e. The number of nitrogens with one attached hydrogen (secondary N) is 1. The predicted octanol–water partition coefficient (Wildman–Crippen LogP) is 3.55. The standard InChI is InChI=1S/C21H11F2N3O3S/c22-17-2-1-3-18(23)19(17)21(28)25-16-8-6-13(7-9-16)4-5-14-10-15(12-24-11-14)20(27)26-30-29/h1-3,6-12H,(H,25,28). The van der Waals surface area contributed by atoms with Crippen LogP contribution in [0.25, 0.3) is 0 Å². The van der Waals surface area contributed by atoms with Crippen molar-refractivity contribution in [3.63, 3.8) is 0 Å². The van der Waals surface area contributed by atoms with E-state index in [9.17, 15) is 22.6 Å². The first-order chi connectivity index (χ1) is 14.5. The van der Waals surface area contributed by atoms with Crippen molar-refractivity contribution in [2.45, 2.75) is 0 Å². The van der Waals surface area contributed by atoms with Crippen molar-refractivity contribution < 1.29 is 22.6 Å². The van der Waals surface area contributed by atoms with Crippen molar-refractivity contribution in [3.05, 3.63) is 94.8 Å². The number of pyridine rings is 1. The van der Waals surface area contributed by atoms with Gasteiger partial charge in [-0.3, -0.25) is 14.6 Å². The van der Waals surface area contributed by atoms with Gasteiger partial charge in [0.15, 0.2) is 0 Å². The lowest BCUT2D eigenvalue weighted by Crippen LogP contribution is -2.15. The van der Waals surface area contributed by atoms with Crippen molar-refractivity contribution in [1.82, 2.24) is 4.98 Å². The van der Waals surface area contributed by atoms with Crippen LogP contribution in [0.1, 0.15) is 31.8 Å². The molecule has 1 heterocycles. The lowest BCUT2D eigenvalue weighted by atomic mass is 10.1. The summed E-state index contributed by atoms with van der Waals surface area (Å²) in [6, 6.07) is 10.9. The summed E-state index contributed by atoms with van der Waals surface area (Å²) in [5.41, 5.74) is 0.842. The third-order valence-corrected chi connectivity index (χ3v) is 4.03. The molecule has 1 aromatic heterocycles. The van der Waals surface area contributed by atoms with Crippen LogP contribution in [0.4, 0.5) is 14.5 Å². The Bertz CT molecular complexity index is 1220. The highest BCUT2D eigenvalue weighted by molar-refractivity contribution is 7.55. The Morgan fingerprint density at radius 3 is 2.30 bits per heavy atom. The molecule has 3 rings (SSSR count). The van der Waals surface area contributed by atoms with Crippen LogP contribution in [0, 0.1) is 23.5 Å². The van der Waals surface area contributed by atoms with E-state index in [0.29, 0.717) is 16.8 Å². The number of carbonyl (C=O) groups is 2. The minimum atomic E-state index is -0.953. The molecule has 0 radical (unpaired) electrons. The molecule has 148 valence electrons. The SMILES string of the molecule is O=S=NC(=O)c1cncc(C#Cc2ccc(NC(=O)c3c(F)cccc3F)cc2)c1. The molecule has 0 bridgehead atoms. The molecule has 2 aromatic carbocycles. The van der Waals surface area contributed by atoms with E-state index in [-0.39, 0.29) is 17.0 Å². The summed E-state index contributed by atoms with van der Waals surface area (Å²) < 4.78 is 40.9. The fourth-order valence-corrected chi connectivity index (χ4v) is 2.57. The maximum Gasteiger partial charge on any atom is 0.291 e. The van der Waals surface area contributed by atoms with Gasteiger partial charge in [-0.1, -0.05) is 17.9 Å². The highest BCUT2D eigenvalue weighted by Gasteiger charge is 2.16. The average molecular weight is 423 g/mol. The Balaban J connectivity index is 1.73. The highest BCUT2D eigenvalue weighted by Crippen LogP contribution is 2.16. The molecule has 3 aromatic rings. The average Bonchev–Trinajstić information content (AvgIpc) is 2.73. The van der Waals surface area contributed by atoms with Crippen LogP contribution in [0.15, 0.2) is 65.3 Å². The van der Waals surface area contributed by atoms with Gasteiger partial charge in [-0.2, -0.15) is 4.21 Å². The monoisotopic (exact) mass is 423 g/mol. The topological polar surface area (TPSA) is 88.5 Å². The molecule has 2 amide bonds. The molecule has 9 heteroatoms. The number of anilines is 1. The Kier molecular flexibility index (Phi) is 6.52. The van der Waals surface area contributed by atoms with E-state index in [1.807, 2.05) is 0 Å². The zero-order chi connectivity index (χ0) is 21.5. The summed E-state index contributed by atoms with van der Waals surface area (Å²) in [5.74, 6) is 2.17. The van der Waals surface area contributed by atoms with Crippen LogP contribution < -0.4 is 5.32 Å². The number of hydrogen-bond donors (Lipinski definition) is 1. The summed E-state index contributed by atoms with van der Waals surface area (Å²) in [6.45, 7) is 0. The first-order valence-electron chi connectivity index (χ1n) is 8.35. The third-order valence-electron chi connectivity index (χ3n) is 3.79. The lowest BCUT2D eigenvalue weighted by molar-refractivity contribution is 0.1000. The second-order valence-electron chi connectivity index (χ2n) is 5.81. The minimum absolute atomic E-state index is 0.142. The van der Waals surface area contributed by atoms with Crippen LogP contribution in [0.5, 0.6) is 0 Å². The molecular formula is C21H11F2N3O3S. The van der Waals surface area contributed by atoms with Gasteiger partial charge in [-0.15, -0.1) is 4.36 Å². The van der Waals surface area contributed by atoms with Gasteiger partial charge in [-0.05, 0) is 42.5 Å². The Hall–Kier alpha value is -4.03. The van der Waals surface area contributed by atoms with Gasteiger partial charge in [0.2, 0.25) is 11.5 Å². The van der Waals surface area contributed by atoms with Crippen LogP contribution in [0.3, 0.4) is 0 Å². The summed E-state index contributed by atoms with van der Waals surface area (Å²) in [4.78, 5) is 27.6. The van der Waals surface area contributed by atoms with Gasteiger partial charge in [0.05, 0.1) is 5.56 Å². The third kappa shape index (κ3) is 5.06. The fourth-order valence-electron chi connectivity index (χ4n) is 2.40. The van der Waals surface area contributed by atoms with Crippen molar-refractivity contribution in [2.24, 2.45) is 4.36 Å². The number of halogens is 2. The van der Waals surface area contributed by atoms with Gasteiger partial charge >= 0.3 is 0 Å². The second-order valence-corrected chi connectivity index (χ2v) is 6.14. The van der Waals surface area contributed by atoms with Gasteiger partial charge in [0.1, 0.15) is 17.2 Å². The Morgan fingerprint density at radius 2 is 1.63 bits per heavy atom. The molecule has 30 heavy (non-hydrogen) atoms. The largest absolute Gasteiger partial charge is 0.322 e. The zero-order valence-electron chi connectivity index (χ0n) is 15.1. The van der Waals surface area contributed by atoms with Gasteiger partial charge < -0.3 is 5.32 Å². The lowest BCUT2D eigenvalue weighted by Gasteiger charge is -2.07. The van der Waals surface area contributed by atoms with Crippen LogP contribution in [-0.4, -0.2) is 21.0 Å². The molecule has 0 aliphatic heterocycles. The molecule has 0 unspecified atom stereocenters. The first kappa shape index (κ1) is 20.7. The van der Waals surface area contributed by atoms with Crippen LogP contribution in [-0.2, 0) is 11.5 Å². The summed E-state index contributed by atoms with van der Waals surface area (Å²) >= 11 is -0.184. The second kappa shape index (κ2) is 9.45. The zero-order valence-corrected chi connectivity index (χ0v) is 15.9. The molecule has 0 aliphatic rings. The number of nitrogens with zero attached hydrogens (tertiary/aromatic N) is 2. The normalized spacial score (nSPS) is 9.80. The molecule has 0 aliphatic carbocycles. The Labute approximate surface area is 173 Å². The number of carbonyl (C=O) groups excluding carboxylic acids is 2. The molecule has 1 N–H and O–H groups in total. The number of benzene rings is 2. The molecule has 0 fully saturated rings. The van der Waals surface area contributed by atoms with Gasteiger partial charge in [0, 0.05) is 29.2 Å². The molecule has 0 saturated carbocycles. The van der Waals surface area contributed by atoms with Crippen molar-refractivity contribution in [1.29, 1.82) is 0 Å². The van der Waals surface area contributed by atoms with E-state index in [1.165, 1.54) is 36.7 Å². The summed E-state index contributed by atoms with van der Waals surface area (Å²) in [7, 11) is 0. The fraction of sp³-hybridized carbons (Fsp3) is 0. The predicted molar refractivity (Wildman–Crippen MR) is 106 cm³/mol. The van der Waals surface area contributed by atoms with Crippen LogP contribution in [0.2, 0.25) is 0 Å². The van der Waals surface area contributed by atoms with Gasteiger partial charge in [-0.25, -0.2) is 8.78 Å². The van der Waals surface area contributed by atoms with Crippen molar-refractivity contribution in [2.75, 3.05) is 5.32 Å².